The third kappa shape index (κ3) is 4.44. The fourth-order valence-corrected chi connectivity index (χ4v) is 2.30. The second-order valence-corrected chi connectivity index (χ2v) is 5.98. The molecule has 0 saturated carbocycles. The van der Waals surface area contributed by atoms with E-state index in [0.717, 1.165) is 10.5 Å². The molecule has 0 aliphatic heterocycles. The molecule has 0 aromatic heterocycles. The van der Waals surface area contributed by atoms with Crippen LogP contribution in [0.1, 0.15) is 32.3 Å². The van der Waals surface area contributed by atoms with Crippen molar-refractivity contribution in [3.8, 4) is 0 Å². The summed E-state index contributed by atoms with van der Waals surface area (Å²) >= 11 is 0. The lowest BCUT2D eigenvalue weighted by Crippen LogP contribution is -2.42. The minimum absolute atomic E-state index is 0.289. The van der Waals surface area contributed by atoms with Crippen LogP contribution in [0.2, 0.25) is 0 Å². The summed E-state index contributed by atoms with van der Waals surface area (Å²) in [6.45, 7) is 5.35. The zero-order valence-electron chi connectivity index (χ0n) is 14.4. The predicted octanol–water partition coefficient (Wildman–Crippen LogP) is 2.91. The standard InChI is InChI=1S/C19H21N3O3/c1-12(2)14-4-8-16(9-5-14)21-18(24)19(25)22(13(3)23)17-10-6-15(20)7-11-17/h4-12H,20H2,1-3H3,(H,21,24). The average molecular weight is 339 g/mol. The number of benzene rings is 2. The molecule has 0 aliphatic carbocycles. The second-order valence-electron chi connectivity index (χ2n) is 5.98. The van der Waals surface area contributed by atoms with Gasteiger partial charge in [-0.15, -0.1) is 0 Å². The maximum atomic E-state index is 12.4. The zero-order chi connectivity index (χ0) is 18.6. The Bertz CT molecular complexity index is 781. The molecule has 0 atom stereocenters. The molecule has 2 aromatic carbocycles. The summed E-state index contributed by atoms with van der Waals surface area (Å²) in [7, 11) is 0. The first kappa shape index (κ1) is 18.2. The van der Waals surface area contributed by atoms with Crippen molar-refractivity contribution in [1.29, 1.82) is 0 Å². The zero-order valence-corrected chi connectivity index (χ0v) is 14.4. The van der Waals surface area contributed by atoms with Gasteiger partial charge in [-0.2, -0.15) is 0 Å². The summed E-state index contributed by atoms with van der Waals surface area (Å²) < 4.78 is 0. The Morgan fingerprint density at radius 1 is 0.960 bits per heavy atom. The monoisotopic (exact) mass is 339 g/mol. The largest absolute Gasteiger partial charge is 0.399 e. The third-order valence-electron chi connectivity index (χ3n) is 3.70. The van der Waals surface area contributed by atoms with Crippen LogP contribution in [0.25, 0.3) is 0 Å². The SMILES string of the molecule is CC(=O)N(C(=O)C(=O)Nc1ccc(C(C)C)cc1)c1ccc(N)cc1. The van der Waals surface area contributed by atoms with Gasteiger partial charge in [0.25, 0.3) is 0 Å². The van der Waals surface area contributed by atoms with Crippen LogP contribution < -0.4 is 16.0 Å². The molecule has 0 heterocycles. The number of anilines is 3. The number of amides is 3. The number of hydrogen-bond acceptors (Lipinski definition) is 4. The van der Waals surface area contributed by atoms with E-state index in [1.54, 1.807) is 24.3 Å². The van der Waals surface area contributed by atoms with Crippen LogP contribution in [0.15, 0.2) is 48.5 Å². The highest BCUT2D eigenvalue weighted by Gasteiger charge is 2.26. The van der Waals surface area contributed by atoms with E-state index in [9.17, 15) is 14.4 Å². The second kappa shape index (κ2) is 7.61. The first-order valence-electron chi connectivity index (χ1n) is 7.91. The highest BCUT2D eigenvalue weighted by Crippen LogP contribution is 2.19. The molecule has 2 aromatic rings. The van der Waals surface area contributed by atoms with Crippen molar-refractivity contribution in [2.24, 2.45) is 0 Å². The Labute approximate surface area is 146 Å². The number of imide groups is 1. The van der Waals surface area contributed by atoms with Gasteiger partial charge in [-0.1, -0.05) is 26.0 Å². The van der Waals surface area contributed by atoms with Gasteiger partial charge < -0.3 is 11.1 Å². The summed E-state index contributed by atoms with van der Waals surface area (Å²) in [5.41, 5.74) is 8.00. The van der Waals surface area contributed by atoms with E-state index in [0.29, 0.717) is 17.3 Å². The fourth-order valence-electron chi connectivity index (χ4n) is 2.30. The van der Waals surface area contributed by atoms with Crippen molar-refractivity contribution in [3.05, 3.63) is 54.1 Å². The van der Waals surface area contributed by atoms with Crippen molar-refractivity contribution in [2.45, 2.75) is 26.7 Å². The van der Waals surface area contributed by atoms with Crippen LogP contribution in [-0.4, -0.2) is 17.7 Å². The minimum atomic E-state index is -0.954. The minimum Gasteiger partial charge on any atom is -0.399 e. The lowest BCUT2D eigenvalue weighted by atomic mass is 10.0. The predicted molar refractivity (Wildman–Crippen MR) is 98.2 cm³/mol. The molecule has 25 heavy (non-hydrogen) atoms. The van der Waals surface area contributed by atoms with E-state index >= 15 is 0 Å². The molecule has 0 radical (unpaired) electrons. The Kier molecular flexibility index (Phi) is 5.54. The third-order valence-corrected chi connectivity index (χ3v) is 3.70. The molecule has 0 spiro atoms. The number of carbonyl (C=O) groups is 3. The molecule has 0 aliphatic rings. The van der Waals surface area contributed by atoms with Crippen LogP contribution in [0.3, 0.4) is 0 Å². The van der Waals surface area contributed by atoms with Gasteiger partial charge in [0, 0.05) is 18.3 Å². The van der Waals surface area contributed by atoms with Crippen LogP contribution in [-0.2, 0) is 14.4 Å². The molecule has 2 rings (SSSR count). The number of nitrogens with zero attached hydrogens (tertiary/aromatic N) is 1. The lowest BCUT2D eigenvalue weighted by Gasteiger charge is -2.19. The van der Waals surface area contributed by atoms with Crippen molar-refractivity contribution < 1.29 is 14.4 Å². The summed E-state index contributed by atoms with van der Waals surface area (Å²) in [5, 5.41) is 2.52. The van der Waals surface area contributed by atoms with Gasteiger partial charge in [-0.25, -0.2) is 4.90 Å². The number of nitrogens with two attached hydrogens (primary N) is 1. The molecule has 0 bridgehead atoms. The van der Waals surface area contributed by atoms with E-state index < -0.39 is 17.7 Å². The molecular formula is C19H21N3O3. The molecule has 3 N–H and O–H groups in total. The van der Waals surface area contributed by atoms with Gasteiger partial charge in [0.2, 0.25) is 5.91 Å². The number of hydrogen-bond donors (Lipinski definition) is 2. The highest BCUT2D eigenvalue weighted by atomic mass is 16.2. The quantitative estimate of drug-likeness (QED) is 0.664. The summed E-state index contributed by atoms with van der Waals surface area (Å²) in [4.78, 5) is 37.3. The van der Waals surface area contributed by atoms with Crippen molar-refractivity contribution in [3.63, 3.8) is 0 Å². The summed E-state index contributed by atoms with van der Waals surface area (Å²) in [6, 6.07) is 13.4. The molecule has 6 nitrogen and oxygen atoms in total. The van der Waals surface area contributed by atoms with Crippen LogP contribution in [0, 0.1) is 0 Å². The Morgan fingerprint density at radius 2 is 1.52 bits per heavy atom. The smallest absolute Gasteiger partial charge is 0.323 e. The molecule has 0 fully saturated rings. The average Bonchev–Trinajstić information content (AvgIpc) is 2.57. The first-order valence-corrected chi connectivity index (χ1v) is 7.91. The molecule has 0 saturated heterocycles. The van der Waals surface area contributed by atoms with Gasteiger partial charge in [0.05, 0.1) is 5.69 Å². The number of nitrogens with one attached hydrogen (secondary N) is 1. The van der Waals surface area contributed by atoms with Crippen molar-refractivity contribution in [1.82, 2.24) is 0 Å². The summed E-state index contributed by atoms with van der Waals surface area (Å²) in [6.07, 6.45) is 0. The van der Waals surface area contributed by atoms with Gasteiger partial charge in [0.1, 0.15) is 0 Å². The maximum absolute atomic E-state index is 12.4. The van der Waals surface area contributed by atoms with E-state index in [-0.39, 0.29) is 5.69 Å². The van der Waals surface area contributed by atoms with E-state index in [1.807, 2.05) is 12.1 Å². The van der Waals surface area contributed by atoms with Crippen molar-refractivity contribution >= 4 is 34.8 Å². The van der Waals surface area contributed by atoms with Crippen molar-refractivity contribution in [2.75, 3.05) is 16.0 Å². The number of nitrogen functional groups attached to an aromatic ring is 1. The fraction of sp³-hybridized carbons (Fsp3) is 0.211. The molecule has 130 valence electrons. The topological polar surface area (TPSA) is 92.5 Å². The van der Waals surface area contributed by atoms with Gasteiger partial charge in [-0.3, -0.25) is 14.4 Å². The summed E-state index contributed by atoms with van der Waals surface area (Å²) in [5.74, 6) is -2.03. The van der Waals surface area contributed by atoms with Crippen LogP contribution in [0.5, 0.6) is 0 Å². The Hall–Kier alpha value is -3.15. The van der Waals surface area contributed by atoms with Crippen LogP contribution >= 0.6 is 0 Å². The molecule has 0 unspecified atom stereocenters. The first-order chi connectivity index (χ1) is 11.8. The van der Waals surface area contributed by atoms with Gasteiger partial charge >= 0.3 is 11.8 Å². The van der Waals surface area contributed by atoms with Gasteiger partial charge in [0.15, 0.2) is 0 Å². The van der Waals surface area contributed by atoms with E-state index in [2.05, 4.69) is 19.2 Å². The Balaban J connectivity index is 2.17. The molecule has 6 heteroatoms. The van der Waals surface area contributed by atoms with E-state index in [4.69, 9.17) is 5.73 Å². The van der Waals surface area contributed by atoms with Gasteiger partial charge in [-0.05, 0) is 47.9 Å². The maximum Gasteiger partial charge on any atom is 0.323 e. The van der Waals surface area contributed by atoms with E-state index in [1.165, 1.54) is 19.1 Å². The Morgan fingerprint density at radius 3 is 2.00 bits per heavy atom. The highest BCUT2D eigenvalue weighted by molar-refractivity contribution is 6.48. The number of rotatable bonds is 3. The molecule has 3 amide bonds. The van der Waals surface area contributed by atoms with Crippen LogP contribution in [0.4, 0.5) is 17.1 Å². The lowest BCUT2D eigenvalue weighted by molar-refractivity contribution is -0.136. The normalized spacial score (nSPS) is 10.4. The molecular weight excluding hydrogens is 318 g/mol. The number of carbonyl (C=O) groups excluding carboxylic acids is 3.